The molecule has 2 heterocycles. The maximum Gasteiger partial charge on any atom is 0.211 e. The molecule has 98 valence electrons. The SMILES string of the molecule is Cc1cnc(C(C)NC(C)c2nc(C)sc2C)o1. The molecule has 2 aromatic heterocycles. The first-order chi connectivity index (χ1) is 8.47. The van der Waals surface area contributed by atoms with E-state index in [0.29, 0.717) is 0 Å². The molecule has 0 saturated heterocycles. The highest BCUT2D eigenvalue weighted by Gasteiger charge is 2.18. The van der Waals surface area contributed by atoms with E-state index >= 15 is 0 Å². The van der Waals surface area contributed by atoms with Crippen LogP contribution in [-0.4, -0.2) is 9.97 Å². The molecule has 0 radical (unpaired) electrons. The van der Waals surface area contributed by atoms with Crippen LogP contribution < -0.4 is 5.32 Å². The van der Waals surface area contributed by atoms with Crippen LogP contribution in [0.3, 0.4) is 0 Å². The number of nitrogens with one attached hydrogen (secondary N) is 1. The second-order valence-corrected chi connectivity index (χ2v) is 6.00. The van der Waals surface area contributed by atoms with E-state index in [-0.39, 0.29) is 12.1 Å². The molecule has 2 unspecified atom stereocenters. The number of thiazole rings is 1. The molecule has 2 atom stereocenters. The molecular weight excluding hydrogens is 246 g/mol. The molecule has 5 heteroatoms. The van der Waals surface area contributed by atoms with Gasteiger partial charge in [0.2, 0.25) is 5.89 Å². The topological polar surface area (TPSA) is 51.0 Å². The van der Waals surface area contributed by atoms with Gasteiger partial charge in [0.05, 0.1) is 22.9 Å². The number of oxazole rings is 1. The molecule has 0 aliphatic heterocycles. The maximum atomic E-state index is 5.53. The Bertz CT molecular complexity index is 532. The predicted octanol–water partition coefficient (Wildman–Crippen LogP) is 3.47. The van der Waals surface area contributed by atoms with Crippen LogP contribution in [0.2, 0.25) is 0 Å². The van der Waals surface area contributed by atoms with E-state index in [9.17, 15) is 0 Å². The Balaban J connectivity index is 2.07. The number of hydrogen-bond donors (Lipinski definition) is 1. The predicted molar refractivity (Wildman–Crippen MR) is 72.8 cm³/mol. The molecule has 0 spiro atoms. The van der Waals surface area contributed by atoms with Crippen LogP contribution in [0.25, 0.3) is 0 Å². The van der Waals surface area contributed by atoms with Crippen molar-refractivity contribution < 1.29 is 4.42 Å². The van der Waals surface area contributed by atoms with Gasteiger partial charge < -0.3 is 4.42 Å². The van der Waals surface area contributed by atoms with Crippen molar-refractivity contribution in [2.24, 2.45) is 0 Å². The fraction of sp³-hybridized carbons (Fsp3) is 0.538. The maximum absolute atomic E-state index is 5.53. The van der Waals surface area contributed by atoms with E-state index in [1.165, 1.54) is 4.88 Å². The van der Waals surface area contributed by atoms with Crippen molar-refractivity contribution in [3.05, 3.63) is 33.4 Å². The summed E-state index contributed by atoms with van der Waals surface area (Å²) in [7, 11) is 0. The van der Waals surface area contributed by atoms with Crippen molar-refractivity contribution in [2.45, 2.75) is 46.7 Å². The Labute approximate surface area is 111 Å². The van der Waals surface area contributed by atoms with Crippen LogP contribution in [-0.2, 0) is 0 Å². The van der Waals surface area contributed by atoms with Crippen molar-refractivity contribution >= 4 is 11.3 Å². The quantitative estimate of drug-likeness (QED) is 0.919. The molecule has 0 saturated carbocycles. The summed E-state index contributed by atoms with van der Waals surface area (Å²) in [6, 6.07) is 0.271. The average molecular weight is 265 g/mol. The van der Waals surface area contributed by atoms with Gasteiger partial charge in [-0.1, -0.05) is 0 Å². The minimum atomic E-state index is 0.0788. The lowest BCUT2D eigenvalue weighted by Gasteiger charge is -2.16. The second kappa shape index (κ2) is 5.20. The zero-order valence-electron chi connectivity index (χ0n) is 11.4. The zero-order chi connectivity index (χ0) is 13.3. The third kappa shape index (κ3) is 2.79. The third-order valence-corrected chi connectivity index (χ3v) is 3.76. The van der Waals surface area contributed by atoms with Gasteiger partial charge in [0.15, 0.2) is 0 Å². The van der Waals surface area contributed by atoms with Gasteiger partial charge in [-0.25, -0.2) is 9.97 Å². The van der Waals surface area contributed by atoms with E-state index in [0.717, 1.165) is 22.4 Å². The first-order valence-corrected chi connectivity index (χ1v) is 6.91. The Morgan fingerprint density at radius 3 is 2.44 bits per heavy atom. The molecule has 0 fully saturated rings. The lowest BCUT2D eigenvalue weighted by Crippen LogP contribution is -2.23. The number of hydrogen-bond acceptors (Lipinski definition) is 5. The van der Waals surface area contributed by atoms with Crippen molar-refractivity contribution in [1.29, 1.82) is 0 Å². The van der Waals surface area contributed by atoms with Gasteiger partial charge in [0.25, 0.3) is 0 Å². The first kappa shape index (κ1) is 13.2. The van der Waals surface area contributed by atoms with Crippen LogP contribution in [0.15, 0.2) is 10.6 Å². The molecule has 2 rings (SSSR count). The monoisotopic (exact) mass is 265 g/mol. The van der Waals surface area contributed by atoms with E-state index in [1.807, 2.05) is 13.8 Å². The molecule has 18 heavy (non-hydrogen) atoms. The van der Waals surface area contributed by atoms with Gasteiger partial charge in [-0.05, 0) is 34.6 Å². The van der Waals surface area contributed by atoms with E-state index in [1.54, 1.807) is 17.5 Å². The molecule has 4 nitrogen and oxygen atoms in total. The molecular formula is C13H19N3OS. The Morgan fingerprint density at radius 1 is 1.22 bits per heavy atom. The van der Waals surface area contributed by atoms with Gasteiger partial charge in [0.1, 0.15) is 5.76 Å². The Morgan fingerprint density at radius 2 is 1.94 bits per heavy atom. The summed E-state index contributed by atoms with van der Waals surface area (Å²) in [5.41, 5.74) is 1.12. The normalized spacial score (nSPS) is 14.7. The summed E-state index contributed by atoms with van der Waals surface area (Å²) in [5.74, 6) is 1.57. The minimum Gasteiger partial charge on any atom is -0.444 e. The van der Waals surface area contributed by atoms with Crippen LogP contribution in [0, 0.1) is 20.8 Å². The summed E-state index contributed by atoms with van der Waals surface area (Å²) in [6.07, 6.45) is 1.75. The Hall–Kier alpha value is -1.20. The second-order valence-electron chi connectivity index (χ2n) is 4.59. The van der Waals surface area contributed by atoms with Gasteiger partial charge in [-0.3, -0.25) is 5.32 Å². The summed E-state index contributed by atoms with van der Waals surface area (Å²) in [4.78, 5) is 10.1. The summed E-state index contributed by atoms with van der Waals surface area (Å²) < 4.78 is 5.53. The highest BCUT2D eigenvalue weighted by Crippen LogP contribution is 2.24. The van der Waals surface area contributed by atoms with Gasteiger partial charge in [-0.15, -0.1) is 11.3 Å². The summed E-state index contributed by atoms with van der Waals surface area (Å²) in [6.45, 7) is 10.2. The van der Waals surface area contributed by atoms with Crippen molar-refractivity contribution in [3.63, 3.8) is 0 Å². The number of aromatic nitrogens is 2. The third-order valence-electron chi connectivity index (χ3n) is 2.86. The molecule has 0 aliphatic rings. The van der Waals surface area contributed by atoms with Crippen LogP contribution in [0.1, 0.15) is 53.2 Å². The highest BCUT2D eigenvalue weighted by atomic mass is 32.1. The fourth-order valence-corrected chi connectivity index (χ4v) is 2.96. The highest BCUT2D eigenvalue weighted by molar-refractivity contribution is 7.11. The minimum absolute atomic E-state index is 0.0788. The zero-order valence-corrected chi connectivity index (χ0v) is 12.3. The molecule has 1 N–H and O–H groups in total. The summed E-state index contributed by atoms with van der Waals surface area (Å²) in [5, 5.41) is 4.58. The van der Waals surface area contributed by atoms with E-state index in [2.05, 4.69) is 36.1 Å². The number of aryl methyl sites for hydroxylation is 3. The van der Waals surface area contributed by atoms with Gasteiger partial charge >= 0.3 is 0 Å². The fourth-order valence-electron chi connectivity index (χ4n) is 2.04. The molecule has 0 aliphatic carbocycles. The van der Waals surface area contributed by atoms with E-state index in [4.69, 9.17) is 4.42 Å². The largest absolute Gasteiger partial charge is 0.444 e. The number of rotatable bonds is 4. The lowest BCUT2D eigenvalue weighted by atomic mass is 10.2. The van der Waals surface area contributed by atoms with Gasteiger partial charge in [0, 0.05) is 10.9 Å². The van der Waals surface area contributed by atoms with Crippen molar-refractivity contribution in [3.8, 4) is 0 Å². The Kier molecular flexibility index (Phi) is 3.82. The molecule has 0 bridgehead atoms. The molecule has 0 amide bonds. The average Bonchev–Trinajstić information content (AvgIpc) is 2.84. The van der Waals surface area contributed by atoms with E-state index < -0.39 is 0 Å². The number of nitrogens with zero attached hydrogens (tertiary/aromatic N) is 2. The summed E-state index contributed by atoms with van der Waals surface area (Å²) >= 11 is 1.73. The van der Waals surface area contributed by atoms with Crippen LogP contribution >= 0.6 is 11.3 Å². The van der Waals surface area contributed by atoms with Crippen LogP contribution in [0.5, 0.6) is 0 Å². The molecule has 2 aromatic rings. The van der Waals surface area contributed by atoms with Crippen molar-refractivity contribution in [2.75, 3.05) is 0 Å². The molecule has 0 aromatic carbocycles. The lowest BCUT2D eigenvalue weighted by molar-refractivity contribution is 0.378. The van der Waals surface area contributed by atoms with Crippen LogP contribution in [0.4, 0.5) is 0 Å². The van der Waals surface area contributed by atoms with Crippen molar-refractivity contribution in [1.82, 2.24) is 15.3 Å². The van der Waals surface area contributed by atoms with Gasteiger partial charge in [-0.2, -0.15) is 0 Å². The standard InChI is InChI=1S/C13H19N3OS/c1-7-6-14-13(17-7)9(3)15-8(2)12-10(4)18-11(5)16-12/h6,8-9,15H,1-5H3. The smallest absolute Gasteiger partial charge is 0.211 e. The first-order valence-electron chi connectivity index (χ1n) is 6.09.